The monoisotopic (exact) mass is 144 g/mol. The highest BCUT2D eigenvalue weighted by Gasteiger charge is 1.70. The largest absolute Gasteiger partial charge is 0.368 e. The molecule has 0 radical (unpaired) electrons. The maximum atomic E-state index is 8.74. The molecule has 0 unspecified atom stereocenters. The standard InChI is InChI=1S/C2H6O2.H3O3P/c1-2(3)4;1-4(2)3/h2-4H,1H3;4H,(H2,1,2,3). The Morgan fingerprint density at radius 2 is 1.38 bits per heavy atom. The van der Waals surface area contributed by atoms with Crippen LogP contribution >= 0.6 is 8.25 Å². The Morgan fingerprint density at radius 3 is 1.38 bits per heavy atom. The lowest BCUT2D eigenvalue weighted by Gasteiger charge is -1.80. The van der Waals surface area contributed by atoms with Gasteiger partial charge in [-0.25, -0.2) is 0 Å². The van der Waals surface area contributed by atoms with Crippen LogP contribution in [-0.4, -0.2) is 26.3 Å². The van der Waals surface area contributed by atoms with E-state index in [1.54, 1.807) is 0 Å². The maximum absolute atomic E-state index is 8.74. The van der Waals surface area contributed by atoms with E-state index in [1.165, 1.54) is 6.92 Å². The van der Waals surface area contributed by atoms with Crippen LogP contribution in [0.25, 0.3) is 0 Å². The summed E-state index contributed by atoms with van der Waals surface area (Å²) >= 11 is 0. The summed E-state index contributed by atoms with van der Waals surface area (Å²) in [7, 11) is -3.13. The van der Waals surface area contributed by atoms with Crippen molar-refractivity contribution >= 4 is 8.25 Å². The lowest BCUT2D eigenvalue weighted by atomic mass is 10.8. The van der Waals surface area contributed by atoms with E-state index < -0.39 is 14.5 Å². The zero-order chi connectivity index (χ0) is 7.15. The van der Waals surface area contributed by atoms with Crippen LogP contribution in [0, 0.1) is 0 Å². The van der Waals surface area contributed by atoms with Gasteiger partial charge in [-0.1, -0.05) is 0 Å². The predicted molar refractivity (Wildman–Crippen MR) is 27.3 cm³/mol. The number of aliphatic hydroxyl groups is 2. The normalized spacial score (nSPS) is 8.88. The van der Waals surface area contributed by atoms with Crippen LogP contribution in [-0.2, 0) is 4.57 Å². The van der Waals surface area contributed by atoms with E-state index in [0.29, 0.717) is 0 Å². The first kappa shape index (κ1) is 10.9. The summed E-state index contributed by atoms with van der Waals surface area (Å²) in [6.07, 6.45) is -1.17. The molecule has 5 nitrogen and oxygen atoms in total. The lowest BCUT2D eigenvalue weighted by Crippen LogP contribution is -1.92. The Labute approximate surface area is 47.2 Å². The topological polar surface area (TPSA) is 98.0 Å². The Morgan fingerprint density at radius 1 is 1.38 bits per heavy atom. The van der Waals surface area contributed by atoms with Gasteiger partial charge in [0.05, 0.1) is 0 Å². The molecule has 6 heteroatoms. The molecular weight excluding hydrogens is 135 g/mol. The van der Waals surface area contributed by atoms with Crippen LogP contribution in [0.1, 0.15) is 6.92 Å². The minimum atomic E-state index is -3.13. The van der Waals surface area contributed by atoms with Crippen LogP contribution in [0.3, 0.4) is 0 Å². The van der Waals surface area contributed by atoms with Crippen molar-refractivity contribution in [2.24, 2.45) is 0 Å². The van der Waals surface area contributed by atoms with Gasteiger partial charge in [0.2, 0.25) is 0 Å². The fourth-order valence-corrected chi connectivity index (χ4v) is 0. The number of hydrogen-bond acceptors (Lipinski definition) is 3. The van der Waals surface area contributed by atoms with Gasteiger partial charge in [-0.15, -0.1) is 0 Å². The Balaban J connectivity index is 0. The molecule has 0 aliphatic rings. The summed E-state index contributed by atoms with van der Waals surface area (Å²) in [5.74, 6) is 0. The molecule has 0 amide bonds. The van der Waals surface area contributed by atoms with Crippen molar-refractivity contribution in [2.45, 2.75) is 13.2 Å². The summed E-state index contributed by atoms with van der Waals surface area (Å²) < 4.78 is 8.74. The molecule has 0 saturated heterocycles. The van der Waals surface area contributed by atoms with Crippen LogP contribution in [0.4, 0.5) is 0 Å². The Hall–Kier alpha value is 0.0700. The van der Waals surface area contributed by atoms with E-state index in [-0.39, 0.29) is 0 Å². The van der Waals surface area contributed by atoms with Gasteiger partial charge in [0, 0.05) is 0 Å². The Kier molecular flexibility index (Phi) is 9.68. The molecule has 8 heavy (non-hydrogen) atoms. The molecule has 0 aromatic heterocycles. The van der Waals surface area contributed by atoms with E-state index in [0.717, 1.165) is 0 Å². The summed E-state index contributed by atoms with van der Waals surface area (Å²) in [5, 5.41) is 15.2. The molecule has 0 aliphatic carbocycles. The molecule has 0 bridgehead atoms. The minimum absolute atomic E-state index is 1.17. The number of hydrogen-bond donors (Lipinski definition) is 4. The van der Waals surface area contributed by atoms with E-state index in [9.17, 15) is 0 Å². The fraction of sp³-hybridized carbons (Fsp3) is 1.00. The third-order valence-corrected chi connectivity index (χ3v) is 0. The summed E-state index contributed by atoms with van der Waals surface area (Å²) in [6, 6.07) is 0. The van der Waals surface area contributed by atoms with Gasteiger partial charge in [-0.3, -0.25) is 4.57 Å². The second-order valence-electron chi connectivity index (χ2n) is 0.914. The van der Waals surface area contributed by atoms with Crippen molar-refractivity contribution in [1.29, 1.82) is 0 Å². The number of rotatable bonds is 0. The first-order valence-electron chi connectivity index (χ1n) is 1.75. The Bertz CT molecular complexity index is 54.7. The highest BCUT2D eigenvalue weighted by Crippen LogP contribution is 1.98. The highest BCUT2D eigenvalue weighted by atomic mass is 31.1. The third-order valence-electron chi connectivity index (χ3n) is 0. The molecule has 0 spiro atoms. The van der Waals surface area contributed by atoms with E-state index >= 15 is 0 Å². The highest BCUT2D eigenvalue weighted by molar-refractivity contribution is 7.30. The summed E-state index contributed by atoms with van der Waals surface area (Å²) in [6.45, 7) is 1.28. The van der Waals surface area contributed by atoms with Crippen LogP contribution < -0.4 is 0 Å². The van der Waals surface area contributed by atoms with Gasteiger partial charge in [0.15, 0.2) is 0 Å². The molecule has 0 heterocycles. The van der Waals surface area contributed by atoms with Crippen molar-refractivity contribution in [3.63, 3.8) is 0 Å². The molecule has 0 rings (SSSR count). The zero-order valence-electron chi connectivity index (χ0n) is 4.27. The third kappa shape index (κ3) is 31800. The number of aliphatic hydroxyl groups excluding tert-OH is 1. The van der Waals surface area contributed by atoms with Crippen molar-refractivity contribution in [3.05, 3.63) is 0 Å². The van der Waals surface area contributed by atoms with Gasteiger partial charge in [0.25, 0.3) is 0 Å². The van der Waals surface area contributed by atoms with Crippen LogP contribution in [0.15, 0.2) is 0 Å². The molecule has 0 fully saturated rings. The van der Waals surface area contributed by atoms with Crippen molar-refractivity contribution < 1.29 is 24.6 Å². The lowest BCUT2D eigenvalue weighted by molar-refractivity contribution is -0.0228. The van der Waals surface area contributed by atoms with Gasteiger partial charge in [-0.05, 0) is 6.92 Å². The predicted octanol–water partition coefficient (Wildman–Crippen LogP) is -1.32. The first-order chi connectivity index (χ1) is 3.46. The molecule has 0 aromatic rings. The van der Waals surface area contributed by atoms with Gasteiger partial charge in [0.1, 0.15) is 6.29 Å². The molecule has 0 aromatic carbocycles. The van der Waals surface area contributed by atoms with Crippen molar-refractivity contribution in [2.75, 3.05) is 0 Å². The first-order valence-corrected chi connectivity index (χ1v) is 3.05. The second-order valence-corrected chi connectivity index (χ2v) is 1.48. The average Bonchev–Trinajstić information content (AvgIpc) is 1.25. The minimum Gasteiger partial charge on any atom is -0.368 e. The van der Waals surface area contributed by atoms with E-state index in [4.69, 9.17) is 24.6 Å². The fourth-order valence-electron chi connectivity index (χ4n) is 0. The molecule has 0 aliphatic heterocycles. The quantitative estimate of drug-likeness (QED) is 0.249. The van der Waals surface area contributed by atoms with Crippen molar-refractivity contribution in [3.8, 4) is 0 Å². The van der Waals surface area contributed by atoms with Gasteiger partial charge in [-0.2, -0.15) is 0 Å². The second kappa shape index (κ2) is 7.07. The molecule has 4 N–H and O–H groups in total. The van der Waals surface area contributed by atoms with Crippen LogP contribution in [0.2, 0.25) is 0 Å². The van der Waals surface area contributed by atoms with Crippen LogP contribution in [0.5, 0.6) is 0 Å². The molecule has 0 atom stereocenters. The summed E-state index contributed by atoms with van der Waals surface area (Å²) in [5.41, 5.74) is 0. The average molecular weight is 144 g/mol. The molecule has 52 valence electrons. The SMILES string of the molecule is CC(O)O.O=[PH](O)O. The smallest absolute Gasteiger partial charge is 0.314 e. The zero-order valence-corrected chi connectivity index (χ0v) is 5.27. The van der Waals surface area contributed by atoms with Gasteiger partial charge < -0.3 is 20.0 Å². The van der Waals surface area contributed by atoms with E-state index in [2.05, 4.69) is 0 Å². The molecular formula is C2H9O5P. The maximum Gasteiger partial charge on any atom is 0.314 e. The van der Waals surface area contributed by atoms with Crippen molar-refractivity contribution in [1.82, 2.24) is 0 Å². The summed E-state index contributed by atoms with van der Waals surface area (Å²) in [4.78, 5) is 14.3. The van der Waals surface area contributed by atoms with Gasteiger partial charge >= 0.3 is 8.25 Å². The molecule has 0 saturated carbocycles. The van der Waals surface area contributed by atoms with E-state index in [1.807, 2.05) is 0 Å².